The maximum atomic E-state index is 5.36. The molecule has 0 unspecified atom stereocenters. The number of ether oxygens (including phenoxy) is 1. The number of nitrogens with one attached hydrogen (secondary N) is 2. The van der Waals surface area contributed by atoms with E-state index in [-0.39, 0.29) is 24.0 Å². The normalized spacial score (nSPS) is 15.1. The lowest BCUT2D eigenvalue weighted by Gasteiger charge is -2.36. The van der Waals surface area contributed by atoms with Crippen LogP contribution in [0.3, 0.4) is 0 Å². The number of benzene rings is 1. The molecule has 0 amide bonds. The quantitative estimate of drug-likeness (QED) is 0.205. The van der Waals surface area contributed by atoms with Crippen LogP contribution < -0.4 is 15.5 Å². The molecule has 0 saturated carbocycles. The van der Waals surface area contributed by atoms with Gasteiger partial charge in [-0.05, 0) is 57.9 Å². The summed E-state index contributed by atoms with van der Waals surface area (Å²) in [4.78, 5) is 9.76. The number of piperazine rings is 1. The summed E-state index contributed by atoms with van der Waals surface area (Å²) in [6.07, 6.45) is 2.33. The first-order valence-corrected chi connectivity index (χ1v) is 10.9. The van der Waals surface area contributed by atoms with E-state index in [1.807, 2.05) is 6.92 Å². The van der Waals surface area contributed by atoms with Gasteiger partial charge in [-0.25, -0.2) is 0 Å². The fourth-order valence-corrected chi connectivity index (χ4v) is 3.42. The molecule has 1 fully saturated rings. The molecular formula is C22H40IN5O. The minimum atomic E-state index is 0. The number of anilines is 1. The minimum absolute atomic E-state index is 0. The summed E-state index contributed by atoms with van der Waals surface area (Å²) in [6, 6.07) is 8.84. The Bertz CT molecular complexity index is 576. The monoisotopic (exact) mass is 517 g/mol. The molecule has 0 radical (unpaired) electrons. The van der Waals surface area contributed by atoms with Gasteiger partial charge in [-0.3, -0.25) is 9.89 Å². The summed E-state index contributed by atoms with van der Waals surface area (Å²) in [5.74, 6) is 0.897. The molecule has 1 heterocycles. The molecule has 0 aromatic heterocycles. The lowest BCUT2D eigenvalue weighted by molar-refractivity contribution is 0.152. The lowest BCUT2D eigenvalue weighted by Crippen LogP contribution is -2.46. The molecule has 7 heteroatoms. The first-order chi connectivity index (χ1) is 13.7. The topological polar surface area (TPSA) is 52.1 Å². The van der Waals surface area contributed by atoms with Crippen LogP contribution in [-0.4, -0.2) is 76.4 Å². The summed E-state index contributed by atoms with van der Waals surface area (Å²) in [5.41, 5.74) is 2.70. The molecule has 1 saturated heterocycles. The second kappa shape index (κ2) is 15.7. The number of unbranched alkanes of at least 4 members (excludes halogenated alkanes) is 1. The number of guanidine groups is 1. The lowest BCUT2D eigenvalue weighted by atomic mass is 10.2. The number of aliphatic imine (C=N–C) groups is 1. The van der Waals surface area contributed by atoms with Crippen LogP contribution in [0.25, 0.3) is 0 Å². The standard InChI is InChI=1S/C22H39N5O.HI/c1-4-23-22(25-12-18-28-5-2)24-11-6-7-13-26-14-16-27(17-15-26)21-10-8-9-20(3)19-21;/h8-10,19H,4-7,11-18H2,1-3H3,(H2,23,24,25);1H. The molecule has 1 aliphatic heterocycles. The zero-order valence-corrected chi connectivity index (χ0v) is 20.8. The van der Waals surface area contributed by atoms with E-state index in [4.69, 9.17) is 4.74 Å². The summed E-state index contributed by atoms with van der Waals surface area (Å²) in [6.45, 7) is 16.0. The van der Waals surface area contributed by atoms with Crippen molar-refractivity contribution < 1.29 is 4.74 Å². The van der Waals surface area contributed by atoms with Crippen LogP contribution in [0.1, 0.15) is 32.3 Å². The highest BCUT2D eigenvalue weighted by Crippen LogP contribution is 2.17. The molecule has 29 heavy (non-hydrogen) atoms. The molecule has 2 N–H and O–H groups in total. The van der Waals surface area contributed by atoms with Crippen LogP contribution in [0.15, 0.2) is 29.3 Å². The molecule has 0 aliphatic carbocycles. The van der Waals surface area contributed by atoms with E-state index in [9.17, 15) is 0 Å². The van der Waals surface area contributed by atoms with Gasteiger partial charge in [-0.15, -0.1) is 24.0 Å². The molecule has 0 atom stereocenters. The summed E-state index contributed by atoms with van der Waals surface area (Å²) in [7, 11) is 0. The van der Waals surface area contributed by atoms with Crippen molar-refractivity contribution in [2.75, 3.05) is 70.5 Å². The van der Waals surface area contributed by atoms with Crippen molar-refractivity contribution in [1.29, 1.82) is 0 Å². The maximum absolute atomic E-state index is 5.36. The van der Waals surface area contributed by atoms with Crippen LogP contribution in [-0.2, 0) is 4.74 Å². The molecule has 2 rings (SSSR count). The van der Waals surface area contributed by atoms with Crippen LogP contribution in [0, 0.1) is 6.92 Å². The molecule has 1 aromatic rings. The second-order valence-electron chi connectivity index (χ2n) is 7.26. The van der Waals surface area contributed by atoms with Crippen LogP contribution >= 0.6 is 24.0 Å². The first-order valence-electron chi connectivity index (χ1n) is 10.9. The van der Waals surface area contributed by atoms with E-state index < -0.39 is 0 Å². The Labute approximate surface area is 194 Å². The largest absolute Gasteiger partial charge is 0.380 e. The van der Waals surface area contributed by atoms with Gasteiger partial charge in [0.15, 0.2) is 5.96 Å². The van der Waals surface area contributed by atoms with E-state index >= 15 is 0 Å². The zero-order valence-electron chi connectivity index (χ0n) is 18.5. The minimum Gasteiger partial charge on any atom is -0.380 e. The molecule has 166 valence electrons. The Kier molecular flexibility index (Phi) is 14.1. The van der Waals surface area contributed by atoms with Gasteiger partial charge in [0, 0.05) is 58.1 Å². The van der Waals surface area contributed by atoms with Gasteiger partial charge in [0.25, 0.3) is 0 Å². The summed E-state index contributed by atoms with van der Waals surface area (Å²) >= 11 is 0. The molecule has 0 spiro atoms. The molecule has 0 bridgehead atoms. The van der Waals surface area contributed by atoms with E-state index in [1.54, 1.807) is 0 Å². The highest BCUT2D eigenvalue weighted by molar-refractivity contribution is 14.0. The van der Waals surface area contributed by atoms with Gasteiger partial charge < -0.3 is 20.3 Å². The van der Waals surface area contributed by atoms with Crippen LogP contribution in [0.2, 0.25) is 0 Å². The smallest absolute Gasteiger partial charge is 0.191 e. The van der Waals surface area contributed by atoms with Crippen molar-refractivity contribution in [2.24, 2.45) is 4.99 Å². The van der Waals surface area contributed by atoms with Gasteiger partial charge in [0.05, 0.1) is 6.61 Å². The highest BCUT2D eigenvalue weighted by Gasteiger charge is 2.16. The predicted molar refractivity (Wildman–Crippen MR) is 135 cm³/mol. The number of nitrogens with zero attached hydrogens (tertiary/aromatic N) is 3. The fourth-order valence-electron chi connectivity index (χ4n) is 3.42. The van der Waals surface area contributed by atoms with E-state index in [2.05, 4.69) is 63.5 Å². The van der Waals surface area contributed by atoms with Gasteiger partial charge in [0.2, 0.25) is 0 Å². The molecule has 1 aliphatic rings. The predicted octanol–water partition coefficient (Wildman–Crippen LogP) is 3.11. The van der Waals surface area contributed by atoms with Gasteiger partial charge >= 0.3 is 0 Å². The van der Waals surface area contributed by atoms with Crippen molar-refractivity contribution in [3.63, 3.8) is 0 Å². The molecule has 6 nitrogen and oxygen atoms in total. The van der Waals surface area contributed by atoms with Gasteiger partial charge in [-0.1, -0.05) is 12.1 Å². The zero-order chi connectivity index (χ0) is 20.0. The second-order valence-corrected chi connectivity index (χ2v) is 7.26. The number of aryl methyl sites for hydroxylation is 1. The summed E-state index contributed by atoms with van der Waals surface area (Å²) in [5, 5.41) is 6.61. The highest BCUT2D eigenvalue weighted by atomic mass is 127. The van der Waals surface area contributed by atoms with E-state index in [1.165, 1.54) is 24.2 Å². The summed E-state index contributed by atoms with van der Waals surface area (Å²) < 4.78 is 5.36. The Hall–Kier alpha value is -1.06. The van der Waals surface area contributed by atoms with E-state index in [0.717, 1.165) is 71.4 Å². The number of rotatable bonds is 11. The third-order valence-corrected chi connectivity index (χ3v) is 4.98. The number of hydrogen-bond acceptors (Lipinski definition) is 4. The molecular weight excluding hydrogens is 477 g/mol. The Morgan fingerprint density at radius 3 is 2.59 bits per heavy atom. The Morgan fingerprint density at radius 2 is 1.90 bits per heavy atom. The number of hydrogen-bond donors (Lipinski definition) is 2. The number of halogens is 1. The van der Waals surface area contributed by atoms with Crippen molar-refractivity contribution in [3.8, 4) is 0 Å². The fraction of sp³-hybridized carbons (Fsp3) is 0.682. The van der Waals surface area contributed by atoms with Gasteiger partial charge in [-0.2, -0.15) is 0 Å². The van der Waals surface area contributed by atoms with Crippen LogP contribution in [0.5, 0.6) is 0 Å². The van der Waals surface area contributed by atoms with Crippen molar-refractivity contribution >= 4 is 35.6 Å². The first kappa shape index (κ1) is 26.0. The third kappa shape index (κ3) is 10.5. The Morgan fingerprint density at radius 1 is 1.10 bits per heavy atom. The maximum Gasteiger partial charge on any atom is 0.191 e. The van der Waals surface area contributed by atoms with Gasteiger partial charge in [0.1, 0.15) is 0 Å². The van der Waals surface area contributed by atoms with Crippen molar-refractivity contribution in [1.82, 2.24) is 15.5 Å². The SMILES string of the molecule is CCNC(=NCCCCN1CCN(c2cccc(C)c2)CC1)NCCOCC.I. The Balaban J connectivity index is 0.00000420. The van der Waals surface area contributed by atoms with Crippen molar-refractivity contribution in [2.45, 2.75) is 33.6 Å². The van der Waals surface area contributed by atoms with E-state index in [0.29, 0.717) is 0 Å². The molecule has 1 aromatic carbocycles. The van der Waals surface area contributed by atoms with Crippen LogP contribution in [0.4, 0.5) is 5.69 Å². The average molecular weight is 518 g/mol. The average Bonchev–Trinajstić information content (AvgIpc) is 2.71. The van der Waals surface area contributed by atoms with Crippen molar-refractivity contribution in [3.05, 3.63) is 29.8 Å². The third-order valence-electron chi connectivity index (χ3n) is 4.98.